The lowest BCUT2D eigenvalue weighted by Gasteiger charge is -2.34. The Bertz CT molecular complexity index is 849. The van der Waals surface area contributed by atoms with Crippen LogP contribution in [0.25, 0.3) is 0 Å². The van der Waals surface area contributed by atoms with Gasteiger partial charge in [-0.2, -0.15) is 17.5 Å². The topological polar surface area (TPSA) is 53.5 Å². The van der Waals surface area contributed by atoms with Crippen LogP contribution in [0.4, 0.5) is 19.0 Å². The molecular weight excluding hydrogens is 399 g/mol. The smallest absolute Gasteiger partial charge is 0.353 e. The van der Waals surface area contributed by atoms with Gasteiger partial charge in [0.1, 0.15) is 10.0 Å². The van der Waals surface area contributed by atoms with Crippen molar-refractivity contribution in [2.75, 3.05) is 31.1 Å². The van der Waals surface area contributed by atoms with Crippen LogP contribution in [0.15, 0.2) is 34.0 Å². The molecule has 2 aromatic rings. The number of aromatic nitrogens is 1. The van der Waals surface area contributed by atoms with E-state index in [2.05, 4.69) is 4.98 Å². The highest BCUT2D eigenvalue weighted by atomic mass is 35.5. The first kappa shape index (κ1) is 18.4. The Morgan fingerprint density at radius 3 is 2.40 bits per heavy atom. The largest absolute Gasteiger partial charge is 0.417 e. The normalized spacial score (nSPS) is 17.0. The van der Waals surface area contributed by atoms with Crippen LogP contribution in [0.3, 0.4) is 0 Å². The van der Waals surface area contributed by atoms with Crippen LogP contribution >= 0.6 is 22.9 Å². The number of pyridine rings is 1. The van der Waals surface area contributed by atoms with Crippen molar-refractivity contribution in [3.8, 4) is 0 Å². The maximum absolute atomic E-state index is 12.7. The van der Waals surface area contributed by atoms with E-state index in [1.807, 2.05) is 0 Å². The Morgan fingerprint density at radius 2 is 1.88 bits per heavy atom. The highest BCUT2D eigenvalue weighted by molar-refractivity contribution is 7.91. The van der Waals surface area contributed by atoms with Crippen LogP contribution in [-0.2, 0) is 16.2 Å². The maximum Gasteiger partial charge on any atom is 0.417 e. The Kier molecular flexibility index (Phi) is 4.97. The molecule has 0 unspecified atom stereocenters. The van der Waals surface area contributed by atoms with E-state index in [0.717, 1.165) is 23.6 Å². The summed E-state index contributed by atoms with van der Waals surface area (Å²) in [4.78, 5) is 5.50. The van der Waals surface area contributed by atoms with E-state index in [0.29, 0.717) is 13.1 Å². The van der Waals surface area contributed by atoms with Crippen LogP contribution < -0.4 is 4.90 Å². The summed E-state index contributed by atoms with van der Waals surface area (Å²) in [5.41, 5.74) is -0.917. The second kappa shape index (κ2) is 6.75. The lowest BCUT2D eigenvalue weighted by atomic mass is 10.2. The Labute approximate surface area is 151 Å². The quantitative estimate of drug-likeness (QED) is 0.777. The molecule has 0 atom stereocenters. The number of anilines is 1. The number of hydrogen-bond acceptors (Lipinski definition) is 5. The molecule has 0 amide bonds. The highest BCUT2D eigenvalue weighted by Gasteiger charge is 2.33. The molecule has 1 aliphatic heterocycles. The van der Waals surface area contributed by atoms with Gasteiger partial charge in [0.15, 0.2) is 0 Å². The zero-order valence-corrected chi connectivity index (χ0v) is 15.1. The highest BCUT2D eigenvalue weighted by Crippen LogP contribution is 2.34. The number of alkyl halides is 3. The molecule has 11 heteroatoms. The number of hydrogen-bond donors (Lipinski definition) is 0. The monoisotopic (exact) mass is 411 g/mol. The summed E-state index contributed by atoms with van der Waals surface area (Å²) in [5.74, 6) is 0.225. The number of sulfonamides is 1. The summed E-state index contributed by atoms with van der Waals surface area (Å²) in [6, 6.07) is 4.04. The molecule has 0 aliphatic carbocycles. The third-order valence-electron chi connectivity index (χ3n) is 3.78. The Hall–Kier alpha value is -1.36. The SMILES string of the molecule is O=S(=O)(c1cccs1)N1CCN(c2ncc(C(F)(F)F)cc2Cl)CC1. The molecule has 2 aromatic heterocycles. The predicted octanol–water partition coefficient (Wildman–Crippen LogP) is 3.33. The standard InChI is InChI=1S/C14H13ClF3N3O2S2/c15-11-8-10(14(16,17)18)9-19-13(11)20-3-5-21(6-4-20)25(22,23)12-2-1-7-24-12/h1-2,7-9H,3-6H2. The predicted molar refractivity (Wildman–Crippen MR) is 89.5 cm³/mol. The first-order valence-electron chi connectivity index (χ1n) is 7.21. The van der Waals surface area contributed by atoms with E-state index < -0.39 is 21.8 Å². The van der Waals surface area contributed by atoms with Gasteiger partial charge in [0.2, 0.25) is 0 Å². The average molecular weight is 412 g/mol. The number of halogens is 4. The second-order valence-corrected chi connectivity index (χ2v) is 8.87. The molecule has 1 fully saturated rings. The van der Waals surface area contributed by atoms with Crippen molar-refractivity contribution in [3.63, 3.8) is 0 Å². The fraction of sp³-hybridized carbons (Fsp3) is 0.357. The molecule has 0 spiro atoms. The van der Waals surface area contributed by atoms with Gasteiger partial charge in [-0.15, -0.1) is 11.3 Å². The van der Waals surface area contributed by atoms with Crippen molar-refractivity contribution >= 4 is 38.8 Å². The van der Waals surface area contributed by atoms with E-state index in [1.54, 1.807) is 22.4 Å². The molecule has 25 heavy (non-hydrogen) atoms. The van der Waals surface area contributed by atoms with E-state index in [4.69, 9.17) is 11.6 Å². The summed E-state index contributed by atoms with van der Waals surface area (Å²) >= 11 is 7.09. The molecule has 0 saturated carbocycles. The van der Waals surface area contributed by atoms with Crippen LogP contribution in [-0.4, -0.2) is 43.9 Å². The summed E-state index contributed by atoms with van der Waals surface area (Å²) in [6.07, 6.45) is -3.78. The molecule has 136 valence electrons. The van der Waals surface area contributed by atoms with Gasteiger partial charge in [-0.1, -0.05) is 17.7 Å². The van der Waals surface area contributed by atoms with Gasteiger partial charge in [0.25, 0.3) is 10.0 Å². The number of piperazine rings is 1. The zero-order valence-electron chi connectivity index (χ0n) is 12.7. The van der Waals surface area contributed by atoms with Gasteiger partial charge < -0.3 is 4.90 Å². The molecular formula is C14H13ClF3N3O2S2. The summed E-state index contributed by atoms with van der Waals surface area (Å²) < 4.78 is 64.6. The summed E-state index contributed by atoms with van der Waals surface area (Å²) in [6.45, 7) is 1.00. The Morgan fingerprint density at radius 1 is 1.20 bits per heavy atom. The van der Waals surface area contributed by atoms with Crippen LogP contribution in [0, 0.1) is 0 Å². The average Bonchev–Trinajstić information content (AvgIpc) is 3.09. The second-order valence-electron chi connectivity index (χ2n) is 5.35. The van der Waals surface area contributed by atoms with Crippen molar-refractivity contribution in [1.82, 2.24) is 9.29 Å². The molecule has 5 nitrogen and oxygen atoms in total. The molecule has 0 bridgehead atoms. The third kappa shape index (κ3) is 3.76. The lowest BCUT2D eigenvalue weighted by Crippen LogP contribution is -2.48. The number of rotatable bonds is 3. The third-order valence-corrected chi connectivity index (χ3v) is 7.33. The minimum atomic E-state index is -4.51. The minimum Gasteiger partial charge on any atom is -0.353 e. The maximum atomic E-state index is 12.7. The number of thiophene rings is 1. The van der Waals surface area contributed by atoms with Crippen molar-refractivity contribution in [1.29, 1.82) is 0 Å². The minimum absolute atomic E-state index is 0.107. The van der Waals surface area contributed by atoms with Gasteiger partial charge in [-0.25, -0.2) is 13.4 Å². The van der Waals surface area contributed by atoms with Gasteiger partial charge in [-0.3, -0.25) is 0 Å². The zero-order chi connectivity index (χ0) is 18.2. The number of nitrogens with zero attached hydrogens (tertiary/aromatic N) is 3. The van der Waals surface area contributed by atoms with Crippen molar-refractivity contribution in [3.05, 3.63) is 40.4 Å². The lowest BCUT2D eigenvalue weighted by molar-refractivity contribution is -0.137. The first-order valence-corrected chi connectivity index (χ1v) is 9.91. The van der Waals surface area contributed by atoms with Gasteiger partial charge >= 0.3 is 6.18 Å². The van der Waals surface area contributed by atoms with Gasteiger partial charge in [0, 0.05) is 32.4 Å². The van der Waals surface area contributed by atoms with E-state index in [-0.39, 0.29) is 28.1 Å². The van der Waals surface area contributed by atoms with Crippen LogP contribution in [0.2, 0.25) is 5.02 Å². The fourth-order valence-electron chi connectivity index (χ4n) is 2.50. The van der Waals surface area contributed by atoms with E-state index >= 15 is 0 Å². The van der Waals surface area contributed by atoms with E-state index in [1.165, 1.54) is 4.31 Å². The molecule has 0 aromatic carbocycles. The molecule has 0 radical (unpaired) electrons. The first-order chi connectivity index (χ1) is 11.7. The van der Waals surface area contributed by atoms with E-state index in [9.17, 15) is 21.6 Å². The van der Waals surface area contributed by atoms with Crippen LogP contribution in [0.5, 0.6) is 0 Å². The van der Waals surface area contributed by atoms with Crippen molar-refractivity contribution < 1.29 is 21.6 Å². The Balaban J connectivity index is 1.73. The molecule has 3 rings (SSSR count). The molecule has 1 saturated heterocycles. The van der Waals surface area contributed by atoms with Crippen LogP contribution in [0.1, 0.15) is 5.56 Å². The van der Waals surface area contributed by atoms with Gasteiger partial charge in [0.05, 0.1) is 10.6 Å². The van der Waals surface area contributed by atoms with Crippen molar-refractivity contribution in [2.24, 2.45) is 0 Å². The molecule has 3 heterocycles. The molecule has 1 aliphatic rings. The van der Waals surface area contributed by atoms with Crippen molar-refractivity contribution in [2.45, 2.75) is 10.4 Å². The fourth-order valence-corrected chi connectivity index (χ4v) is 5.35. The van der Waals surface area contributed by atoms with Gasteiger partial charge in [-0.05, 0) is 17.5 Å². The molecule has 0 N–H and O–H groups in total. The summed E-state index contributed by atoms with van der Waals surface area (Å²) in [5, 5.41) is 1.58. The summed E-state index contributed by atoms with van der Waals surface area (Å²) in [7, 11) is -3.54.